The Morgan fingerprint density at radius 1 is 1.15 bits per heavy atom. The Labute approximate surface area is 157 Å². The summed E-state index contributed by atoms with van der Waals surface area (Å²) in [5.74, 6) is 0.639. The molecule has 0 bridgehead atoms. The van der Waals surface area contributed by atoms with Gasteiger partial charge in [-0.05, 0) is 30.3 Å². The minimum atomic E-state index is -0.157. The molecule has 2 aromatic carbocycles. The van der Waals surface area contributed by atoms with Crippen molar-refractivity contribution < 1.29 is 9.21 Å². The van der Waals surface area contributed by atoms with E-state index in [0.29, 0.717) is 18.9 Å². The zero-order chi connectivity index (χ0) is 19.0. The Kier molecular flexibility index (Phi) is 4.18. The van der Waals surface area contributed by atoms with Gasteiger partial charge >= 0.3 is 0 Å². The number of anilines is 1. The predicted octanol–water partition coefficient (Wildman–Crippen LogP) is 4.50. The molecule has 0 radical (unpaired) electrons. The summed E-state index contributed by atoms with van der Waals surface area (Å²) >= 11 is 0. The number of amides is 1. The van der Waals surface area contributed by atoms with Crippen molar-refractivity contribution >= 4 is 33.7 Å². The van der Waals surface area contributed by atoms with Gasteiger partial charge in [0, 0.05) is 24.1 Å². The molecule has 0 fully saturated rings. The van der Waals surface area contributed by atoms with Gasteiger partial charge in [-0.3, -0.25) is 4.79 Å². The highest BCUT2D eigenvalue weighted by atomic mass is 16.3. The number of oxazole rings is 1. The van der Waals surface area contributed by atoms with E-state index >= 15 is 0 Å². The average Bonchev–Trinajstić information content (AvgIpc) is 3.23. The molecular formula is C21H22N4O2. The average molecular weight is 362 g/mol. The molecule has 0 aliphatic carbocycles. The van der Waals surface area contributed by atoms with Gasteiger partial charge in [-0.15, -0.1) is 0 Å². The number of nitrogens with zero attached hydrogens (tertiary/aromatic N) is 3. The third-order valence-corrected chi connectivity index (χ3v) is 4.42. The summed E-state index contributed by atoms with van der Waals surface area (Å²) in [5, 5.41) is 2.94. The van der Waals surface area contributed by atoms with E-state index in [1.54, 1.807) is 6.33 Å². The lowest BCUT2D eigenvalue weighted by Gasteiger charge is -2.11. The number of rotatable bonds is 4. The van der Waals surface area contributed by atoms with Crippen molar-refractivity contribution in [3.8, 4) is 0 Å². The SMILES string of the molecule is CC(C)(C)c1nc2cc(NC(=O)CCn3cnc4ccccc43)ccc2o1. The van der Waals surface area contributed by atoms with Crippen LogP contribution in [0.1, 0.15) is 33.1 Å². The molecule has 27 heavy (non-hydrogen) atoms. The van der Waals surface area contributed by atoms with Gasteiger partial charge in [0.05, 0.1) is 17.4 Å². The molecule has 0 saturated heterocycles. The minimum absolute atomic E-state index is 0.0494. The van der Waals surface area contributed by atoms with Crippen molar-refractivity contribution in [2.24, 2.45) is 0 Å². The number of para-hydroxylation sites is 2. The van der Waals surface area contributed by atoms with E-state index < -0.39 is 0 Å². The van der Waals surface area contributed by atoms with Crippen molar-refractivity contribution in [1.82, 2.24) is 14.5 Å². The smallest absolute Gasteiger partial charge is 0.226 e. The Balaban J connectivity index is 1.44. The monoisotopic (exact) mass is 362 g/mol. The van der Waals surface area contributed by atoms with Crippen LogP contribution in [0.4, 0.5) is 5.69 Å². The summed E-state index contributed by atoms with van der Waals surface area (Å²) in [6, 6.07) is 13.4. The van der Waals surface area contributed by atoms with Crippen molar-refractivity contribution in [3.63, 3.8) is 0 Å². The number of aryl methyl sites for hydroxylation is 1. The summed E-state index contributed by atoms with van der Waals surface area (Å²) in [7, 11) is 0. The maximum absolute atomic E-state index is 12.4. The minimum Gasteiger partial charge on any atom is -0.440 e. The van der Waals surface area contributed by atoms with Crippen LogP contribution in [0.15, 0.2) is 53.2 Å². The van der Waals surface area contributed by atoms with Gasteiger partial charge in [-0.2, -0.15) is 0 Å². The normalized spacial score (nSPS) is 12.0. The van der Waals surface area contributed by atoms with Gasteiger partial charge in [0.15, 0.2) is 5.58 Å². The van der Waals surface area contributed by atoms with E-state index in [0.717, 1.165) is 27.8 Å². The van der Waals surface area contributed by atoms with Gasteiger partial charge in [0.25, 0.3) is 0 Å². The number of imidazole rings is 1. The number of carbonyl (C=O) groups excluding carboxylic acids is 1. The fourth-order valence-electron chi connectivity index (χ4n) is 2.96. The van der Waals surface area contributed by atoms with Crippen molar-refractivity contribution in [3.05, 3.63) is 54.7 Å². The molecule has 0 unspecified atom stereocenters. The molecule has 0 aliphatic rings. The number of aromatic nitrogens is 3. The zero-order valence-corrected chi connectivity index (χ0v) is 15.7. The van der Waals surface area contributed by atoms with Gasteiger partial charge < -0.3 is 14.3 Å². The van der Waals surface area contributed by atoms with Crippen LogP contribution >= 0.6 is 0 Å². The number of benzene rings is 2. The second-order valence-corrected chi connectivity index (χ2v) is 7.68. The standard InChI is InChI=1S/C21H22N4O2/c1-21(2,3)20-24-16-12-14(8-9-18(16)27-20)23-19(26)10-11-25-13-22-15-6-4-5-7-17(15)25/h4-9,12-13H,10-11H2,1-3H3,(H,23,26). The second kappa shape index (κ2) is 6.54. The van der Waals surface area contributed by atoms with Gasteiger partial charge in [-0.25, -0.2) is 9.97 Å². The Hall–Kier alpha value is -3.15. The molecule has 1 amide bonds. The van der Waals surface area contributed by atoms with E-state index in [2.05, 4.69) is 36.1 Å². The predicted molar refractivity (Wildman–Crippen MR) is 106 cm³/mol. The summed E-state index contributed by atoms with van der Waals surface area (Å²) in [6.45, 7) is 6.74. The first-order valence-electron chi connectivity index (χ1n) is 9.01. The fraction of sp³-hybridized carbons (Fsp3) is 0.286. The number of carbonyl (C=O) groups is 1. The van der Waals surface area contributed by atoms with E-state index in [1.807, 2.05) is 47.0 Å². The Morgan fingerprint density at radius 3 is 2.78 bits per heavy atom. The van der Waals surface area contributed by atoms with Crippen molar-refractivity contribution in [2.45, 2.75) is 39.2 Å². The van der Waals surface area contributed by atoms with Gasteiger partial charge in [0.1, 0.15) is 5.52 Å². The molecule has 2 aromatic heterocycles. The maximum Gasteiger partial charge on any atom is 0.226 e. The number of hydrogen-bond donors (Lipinski definition) is 1. The van der Waals surface area contributed by atoms with E-state index in [4.69, 9.17) is 4.42 Å². The van der Waals surface area contributed by atoms with Crippen LogP contribution in [0, 0.1) is 0 Å². The quantitative estimate of drug-likeness (QED) is 0.580. The summed E-state index contributed by atoms with van der Waals surface area (Å²) in [6.07, 6.45) is 2.14. The molecule has 6 nitrogen and oxygen atoms in total. The molecule has 6 heteroatoms. The third kappa shape index (κ3) is 3.56. The van der Waals surface area contributed by atoms with Crippen molar-refractivity contribution in [1.29, 1.82) is 0 Å². The second-order valence-electron chi connectivity index (χ2n) is 7.68. The molecule has 0 saturated carbocycles. The van der Waals surface area contributed by atoms with E-state index in [-0.39, 0.29) is 11.3 Å². The Morgan fingerprint density at radius 2 is 1.96 bits per heavy atom. The molecule has 1 N–H and O–H groups in total. The summed E-state index contributed by atoms with van der Waals surface area (Å²) < 4.78 is 7.79. The zero-order valence-electron chi connectivity index (χ0n) is 15.7. The first kappa shape index (κ1) is 17.3. The number of fused-ring (bicyclic) bond motifs is 2. The van der Waals surface area contributed by atoms with Gasteiger partial charge in [0.2, 0.25) is 11.8 Å². The maximum atomic E-state index is 12.4. The molecule has 0 atom stereocenters. The molecule has 2 heterocycles. The summed E-state index contributed by atoms with van der Waals surface area (Å²) in [4.78, 5) is 21.2. The van der Waals surface area contributed by atoms with Crippen LogP contribution < -0.4 is 5.32 Å². The number of nitrogens with one attached hydrogen (secondary N) is 1. The van der Waals surface area contributed by atoms with Crippen LogP contribution in [0.25, 0.3) is 22.1 Å². The van der Waals surface area contributed by atoms with E-state index in [9.17, 15) is 4.79 Å². The molecule has 0 spiro atoms. The largest absolute Gasteiger partial charge is 0.440 e. The molecule has 138 valence electrons. The first-order chi connectivity index (χ1) is 12.9. The van der Waals surface area contributed by atoms with Crippen LogP contribution in [-0.2, 0) is 16.8 Å². The molecule has 4 rings (SSSR count). The highest BCUT2D eigenvalue weighted by Gasteiger charge is 2.21. The molecular weight excluding hydrogens is 340 g/mol. The topological polar surface area (TPSA) is 73.0 Å². The lowest BCUT2D eigenvalue weighted by molar-refractivity contribution is -0.116. The molecule has 4 aromatic rings. The third-order valence-electron chi connectivity index (χ3n) is 4.42. The lowest BCUT2D eigenvalue weighted by Crippen LogP contribution is -2.14. The highest BCUT2D eigenvalue weighted by Crippen LogP contribution is 2.27. The van der Waals surface area contributed by atoms with E-state index in [1.165, 1.54) is 0 Å². The first-order valence-corrected chi connectivity index (χ1v) is 9.01. The Bertz CT molecular complexity index is 1120. The number of hydrogen-bond acceptors (Lipinski definition) is 4. The van der Waals surface area contributed by atoms with Crippen LogP contribution in [-0.4, -0.2) is 20.4 Å². The molecule has 0 aliphatic heterocycles. The van der Waals surface area contributed by atoms with Crippen LogP contribution in [0.3, 0.4) is 0 Å². The van der Waals surface area contributed by atoms with Crippen LogP contribution in [0.2, 0.25) is 0 Å². The van der Waals surface area contributed by atoms with Crippen molar-refractivity contribution in [2.75, 3.05) is 5.32 Å². The lowest BCUT2D eigenvalue weighted by atomic mass is 9.97. The fourth-order valence-corrected chi connectivity index (χ4v) is 2.96. The van der Waals surface area contributed by atoms with Gasteiger partial charge in [-0.1, -0.05) is 32.9 Å². The van der Waals surface area contributed by atoms with Crippen LogP contribution in [0.5, 0.6) is 0 Å². The highest BCUT2D eigenvalue weighted by molar-refractivity contribution is 5.92. The summed E-state index contributed by atoms with van der Waals surface area (Å²) in [5.41, 5.74) is 4.00.